The zero-order valence-electron chi connectivity index (χ0n) is 15.2. The van der Waals surface area contributed by atoms with Crippen LogP contribution >= 0.6 is 0 Å². The van der Waals surface area contributed by atoms with Crippen molar-refractivity contribution in [3.05, 3.63) is 59.5 Å². The summed E-state index contributed by atoms with van der Waals surface area (Å²) in [4.78, 5) is 38.0. The second-order valence-electron chi connectivity index (χ2n) is 6.61. The highest BCUT2D eigenvalue weighted by molar-refractivity contribution is 5.97. The van der Waals surface area contributed by atoms with Crippen LogP contribution in [0.3, 0.4) is 0 Å². The minimum Gasteiger partial charge on any atom is -0.472 e. The van der Waals surface area contributed by atoms with Gasteiger partial charge >= 0.3 is 0 Å². The monoisotopic (exact) mass is 369 g/mol. The molecule has 0 spiro atoms. The molecule has 7 heteroatoms. The number of nitrogens with zero attached hydrogens (tertiary/aromatic N) is 1. The Morgan fingerprint density at radius 1 is 1.22 bits per heavy atom. The molecule has 1 aromatic heterocycles. The normalized spacial score (nSPS) is 14.9. The third-order valence-electron chi connectivity index (χ3n) is 4.63. The van der Waals surface area contributed by atoms with Gasteiger partial charge in [0.1, 0.15) is 12.3 Å². The fraction of sp³-hybridized carbons (Fsp3) is 0.350. The van der Waals surface area contributed by atoms with E-state index in [4.69, 9.17) is 4.42 Å². The molecule has 142 valence electrons. The van der Waals surface area contributed by atoms with E-state index in [0.29, 0.717) is 25.1 Å². The Morgan fingerprint density at radius 2 is 2.00 bits per heavy atom. The summed E-state index contributed by atoms with van der Waals surface area (Å²) in [6.45, 7) is 3.29. The molecule has 7 nitrogen and oxygen atoms in total. The van der Waals surface area contributed by atoms with E-state index in [0.717, 1.165) is 24.1 Å². The summed E-state index contributed by atoms with van der Waals surface area (Å²) >= 11 is 0. The number of hydrogen-bond donors (Lipinski definition) is 2. The molecule has 1 aliphatic heterocycles. The highest BCUT2D eigenvalue weighted by Gasteiger charge is 2.21. The molecular formula is C20H23N3O4. The zero-order chi connectivity index (χ0) is 19.2. The molecule has 2 heterocycles. The van der Waals surface area contributed by atoms with Crippen LogP contribution in [-0.2, 0) is 22.7 Å². The van der Waals surface area contributed by atoms with E-state index in [2.05, 4.69) is 10.6 Å². The summed E-state index contributed by atoms with van der Waals surface area (Å²) in [6.07, 6.45) is 4.23. The molecule has 1 saturated heterocycles. The third kappa shape index (κ3) is 4.75. The van der Waals surface area contributed by atoms with Gasteiger partial charge in [-0.2, -0.15) is 0 Å². The summed E-state index contributed by atoms with van der Waals surface area (Å²) in [6, 6.07) is 8.59. The largest absolute Gasteiger partial charge is 0.472 e. The Kier molecular flexibility index (Phi) is 5.90. The van der Waals surface area contributed by atoms with Crippen molar-refractivity contribution in [3.63, 3.8) is 0 Å². The molecule has 1 fully saturated rings. The molecule has 1 aliphatic rings. The first kappa shape index (κ1) is 18.7. The van der Waals surface area contributed by atoms with Crippen molar-refractivity contribution in [2.45, 2.75) is 38.9 Å². The van der Waals surface area contributed by atoms with Crippen LogP contribution in [0.25, 0.3) is 0 Å². The maximum absolute atomic E-state index is 12.3. The van der Waals surface area contributed by atoms with E-state index >= 15 is 0 Å². The number of carbonyl (C=O) groups is 3. The van der Waals surface area contributed by atoms with Gasteiger partial charge in [-0.1, -0.05) is 24.3 Å². The Balaban J connectivity index is 1.55. The number of furan rings is 1. The first-order valence-corrected chi connectivity index (χ1v) is 9.00. The number of amides is 3. The molecule has 3 rings (SSSR count). The summed E-state index contributed by atoms with van der Waals surface area (Å²) in [5, 5.41) is 5.48. The van der Waals surface area contributed by atoms with Crippen molar-refractivity contribution in [3.8, 4) is 0 Å². The minimum absolute atomic E-state index is 0.171. The maximum atomic E-state index is 12.3. The molecule has 2 N–H and O–H groups in total. The van der Waals surface area contributed by atoms with Gasteiger partial charge in [0, 0.05) is 26.1 Å². The number of rotatable bonds is 7. The number of likely N-dealkylation sites (tertiary alicyclic amines) is 1. The smallest absolute Gasteiger partial charge is 0.255 e. The molecule has 2 aromatic rings. The van der Waals surface area contributed by atoms with Crippen molar-refractivity contribution in [1.82, 2.24) is 15.5 Å². The SMILES string of the molecule is C[C@H](NC(=O)c1ccoc1)C(=O)NCc1ccccc1CN1CCCC1=O. The quantitative estimate of drug-likeness (QED) is 0.779. The first-order valence-electron chi connectivity index (χ1n) is 9.00. The van der Waals surface area contributed by atoms with E-state index in [1.54, 1.807) is 6.92 Å². The zero-order valence-corrected chi connectivity index (χ0v) is 15.2. The van der Waals surface area contributed by atoms with Crippen LogP contribution in [0.1, 0.15) is 41.3 Å². The van der Waals surface area contributed by atoms with Gasteiger partial charge in [-0.3, -0.25) is 14.4 Å². The summed E-state index contributed by atoms with van der Waals surface area (Å²) in [5.74, 6) is -0.470. The predicted molar refractivity (Wildman–Crippen MR) is 98.6 cm³/mol. The van der Waals surface area contributed by atoms with Crippen molar-refractivity contribution in [2.75, 3.05) is 6.54 Å². The van der Waals surface area contributed by atoms with E-state index in [1.807, 2.05) is 29.2 Å². The molecule has 0 bridgehead atoms. The van der Waals surface area contributed by atoms with Crippen LogP contribution in [-0.4, -0.2) is 35.2 Å². The highest BCUT2D eigenvalue weighted by atomic mass is 16.3. The Morgan fingerprint density at radius 3 is 2.67 bits per heavy atom. The van der Waals surface area contributed by atoms with Crippen LogP contribution in [0.2, 0.25) is 0 Å². The lowest BCUT2D eigenvalue weighted by atomic mass is 10.1. The Hall–Kier alpha value is -3.09. The molecule has 3 amide bonds. The minimum atomic E-state index is -0.681. The second kappa shape index (κ2) is 8.53. The van der Waals surface area contributed by atoms with Gasteiger partial charge < -0.3 is 20.0 Å². The average molecular weight is 369 g/mol. The number of carbonyl (C=O) groups excluding carboxylic acids is 3. The van der Waals surface area contributed by atoms with Gasteiger partial charge in [-0.25, -0.2) is 0 Å². The first-order chi connectivity index (χ1) is 13.0. The van der Waals surface area contributed by atoms with Crippen LogP contribution < -0.4 is 10.6 Å². The number of benzene rings is 1. The summed E-state index contributed by atoms with van der Waals surface area (Å²) in [5.41, 5.74) is 2.34. The van der Waals surface area contributed by atoms with Crippen LogP contribution in [0.15, 0.2) is 47.3 Å². The molecular weight excluding hydrogens is 346 g/mol. The number of nitrogens with one attached hydrogen (secondary N) is 2. The second-order valence-corrected chi connectivity index (χ2v) is 6.61. The molecule has 0 aliphatic carbocycles. The highest BCUT2D eigenvalue weighted by Crippen LogP contribution is 2.17. The Bertz CT molecular complexity index is 816. The van der Waals surface area contributed by atoms with Gasteiger partial charge in [0.2, 0.25) is 11.8 Å². The van der Waals surface area contributed by atoms with Crippen molar-refractivity contribution in [2.24, 2.45) is 0 Å². The van der Waals surface area contributed by atoms with Crippen LogP contribution in [0, 0.1) is 0 Å². The predicted octanol–water partition coefficient (Wildman–Crippen LogP) is 1.84. The fourth-order valence-electron chi connectivity index (χ4n) is 3.04. The standard InChI is InChI=1S/C20H23N3O4/c1-14(22-20(26)17-8-10-27-13-17)19(25)21-11-15-5-2-3-6-16(15)12-23-9-4-7-18(23)24/h2-3,5-6,8,10,13-14H,4,7,9,11-12H2,1H3,(H,21,25)(H,22,26)/t14-/m0/s1. The van der Waals surface area contributed by atoms with Crippen LogP contribution in [0.5, 0.6) is 0 Å². The molecule has 0 radical (unpaired) electrons. The lowest BCUT2D eigenvalue weighted by Crippen LogP contribution is -2.44. The maximum Gasteiger partial charge on any atom is 0.255 e. The molecule has 1 atom stereocenters. The van der Waals surface area contributed by atoms with E-state index in [-0.39, 0.29) is 17.7 Å². The topological polar surface area (TPSA) is 91.7 Å². The Labute approximate surface area is 157 Å². The molecule has 0 unspecified atom stereocenters. The molecule has 0 saturated carbocycles. The summed E-state index contributed by atoms with van der Waals surface area (Å²) < 4.78 is 4.87. The van der Waals surface area contributed by atoms with Crippen LogP contribution in [0.4, 0.5) is 0 Å². The van der Waals surface area contributed by atoms with Crippen molar-refractivity contribution < 1.29 is 18.8 Å². The third-order valence-corrected chi connectivity index (χ3v) is 4.63. The van der Waals surface area contributed by atoms with Gasteiger partial charge in [-0.05, 0) is 30.5 Å². The van der Waals surface area contributed by atoms with Crippen molar-refractivity contribution in [1.29, 1.82) is 0 Å². The van der Waals surface area contributed by atoms with Gasteiger partial charge in [-0.15, -0.1) is 0 Å². The fourth-order valence-corrected chi connectivity index (χ4v) is 3.04. The van der Waals surface area contributed by atoms with Gasteiger partial charge in [0.25, 0.3) is 5.91 Å². The van der Waals surface area contributed by atoms with Gasteiger partial charge in [0.15, 0.2) is 0 Å². The number of hydrogen-bond acceptors (Lipinski definition) is 4. The van der Waals surface area contributed by atoms with E-state index < -0.39 is 6.04 Å². The van der Waals surface area contributed by atoms with E-state index in [9.17, 15) is 14.4 Å². The van der Waals surface area contributed by atoms with Crippen molar-refractivity contribution >= 4 is 17.7 Å². The molecule has 27 heavy (non-hydrogen) atoms. The lowest BCUT2D eigenvalue weighted by Gasteiger charge is -2.19. The average Bonchev–Trinajstić information content (AvgIpc) is 3.33. The van der Waals surface area contributed by atoms with Gasteiger partial charge in [0.05, 0.1) is 11.8 Å². The molecule has 1 aromatic carbocycles. The summed E-state index contributed by atoms with van der Waals surface area (Å²) in [7, 11) is 0. The van der Waals surface area contributed by atoms with E-state index in [1.165, 1.54) is 18.6 Å². The lowest BCUT2D eigenvalue weighted by molar-refractivity contribution is -0.128.